The first kappa shape index (κ1) is 13.3. The van der Waals surface area contributed by atoms with Crippen LogP contribution in [0.3, 0.4) is 0 Å². The zero-order chi connectivity index (χ0) is 14.8. The molecule has 0 aliphatic heterocycles. The maximum absolute atomic E-state index is 13.8. The van der Waals surface area contributed by atoms with Crippen molar-refractivity contribution in [2.75, 3.05) is 5.32 Å². The lowest BCUT2D eigenvalue weighted by atomic mass is 10.1. The van der Waals surface area contributed by atoms with Gasteiger partial charge >= 0.3 is 0 Å². The smallest absolute Gasteiger partial charge is 0.252 e. The molecule has 0 radical (unpaired) electrons. The molecule has 1 aromatic heterocycles. The average molecular weight is 284 g/mol. The summed E-state index contributed by atoms with van der Waals surface area (Å²) in [7, 11) is 0. The molecule has 0 amide bonds. The van der Waals surface area contributed by atoms with Gasteiger partial charge in [-0.2, -0.15) is 5.26 Å². The van der Waals surface area contributed by atoms with E-state index in [1.807, 2.05) is 6.07 Å². The molecule has 1 saturated carbocycles. The normalized spacial score (nSPS) is 13.7. The molecule has 0 spiro atoms. The molecule has 0 bridgehead atoms. The highest BCUT2D eigenvalue weighted by molar-refractivity contribution is 5.38. The molecule has 2 aromatic rings. The maximum atomic E-state index is 13.8. The van der Waals surface area contributed by atoms with Crippen molar-refractivity contribution < 1.29 is 4.39 Å². The van der Waals surface area contributed by atoms with Crippen molar-refractivity contribution in [2.24, 2.45) is 0 Å². The second-order valence-corrected chi connectivity index (χ2v) is 5.06. The van der Waals surface area contributed by atoms with Crippen molar-refractivity contribution in [3.8, 4) is 6.07 Å². The third-order valence-corrected chi connectivity index (χ3v) is 3.37. The van der Waals surface area contributed by atoms with Crippen LogP contribution in [0.5, 0.6) is 0 Å². The molecule has 1 fully saturated rings. The summed E-state index contributed by atoms with van der Waals surface area (Å²) in [5.41, 5.74) is 0.486. The number of nitriles is 1. The zero-order valence-corrected chi connectivity index (χ0v) is 11.2. The van der Waals surface area contributed by atoms with Gasteiger partial charge in [0.15, 0.2) is 0 Å². The van der Waals surface area contributed by atoms with Crippen LogP contribution in [0.2, 0.25) is 0 Å². The summed E-state index contributed by atoms with van der Waals surface area (Å²) in [6.45, 7) is 0.206. The third kappa shape index (κ3) is 3.08. The van der Waals surface area contributed by atoms with E-state index in [1.54, 1.807) is 12.1 Å². The van der Waals surface area contributed by atoms with Gasteiger partial charge in [0.05, 0.1) is 11.6 Å². The van der Waals surface area contributed by atoms with Gasteiger partial charge in [-0.3, -0.25) is 4.79 Å². The van der Waals surface area contributed by atoms with Gasteiger partial charge in [-0.1, -0.05) is 6.07 Å². The van der Waals surface area contributed by atoms with E-state index in [1.165, 1.54) is 12.1 Å². The van der Waals surface area contributed by atoms with Crippen molar-refractivity contribution in [1.82, 2.24) is 9.97 Å². The van der Waals surface area contributed by atoms with Crippen LogP contribution in [0.1, 0.15) is 35.7 Å². The lowest BCUT2D eigenvalue weighted by molar-refractivity contribution is 0.612. The summed E-state index contributed by atoms with van der Waals surface area (Å²) in [4.78, 5) is 18.6. The number of halogens is 1. The summed E-state index contributed by atoms with van der Waals surface area (Å²) in [6, 6.07) is 7.54. The van der Waals surface area contributed by atoms with Crippen molar-refractivity contribution in [3.05, 3.63) is 57.4 Å². The minimum absolute atomic E-state index is 0.206. The molecule has 2 N–H and O–H groups in total. The summed E-state index contributed by atoms with van der Waals surface area (Å²) >= 11 is 0. The van der Waals surface area contributed by atoms with E-state index in [9.17, 15) is 9.18 Å². The number of hydrogen-bond acceptors (Lipinski definition) is 4. The van der Waals surface area contributed by atoms with Crippen LogP contribution < -0.4 is 10.9 Å². The van der Waals surface area contributed by atoms with Crippen molar-refractivity contribution in [2.45, 2.75) is 25.3 Å². The second kappa shape index (κ2) is 5.37. The Morgan fingerprint density at radius 3 is 2.90 bits per heavy atom. The zero-order valence-electron chi connectivity index (χ0n) is 11.2. The van der Waals surface area contributed by atoms with Gasteiger partial charge in [-0.25, -0.2) is 9.37 Å². The lowest BCUT2D eigenvalue weighted by Gasteiger charge is -2.08. The van der Waals surface area contributed by atoms with Gasteiger partial charge in [0.25, 0.3) is 5.56 Å². The van der Waals surface area contributed by atoms with Gasteiger partial charge < -0.3 is 10.3 Å². The van der Waals surface area contributed by atoms with Crippen LogP contribution in [0.4, 0.5) is 10.2 Å². The number of anilines is 1. The number of aromatic amines is 1. The predicted octanol–water partition coefficient (Wildman–Crippen LogP) is 2.27. The SMILES string of the molecule is N#Cc1ccc(CNc2cc(=O)[nH]c(C3CC3)n2)c(F)c1. The highest BCUT2D eigenvalue weighted by Crippen LogP contribution is 2.37. The van der Waals surface area contributed by atoms with Crippen LogP contribution in [0, 0.1) is 17.1 Å². The molecule has 5 nitrogen and oxygen atoms in total. The number of nitrogens with one attached hydrogen (secondary N) is 2. The standard InChI is InChI=1S/C15H13FN4O/c16-12-5-9(7-17)1-2-11(12)8-18-13-6-14(21)20-15(19-13)10-3-4-10/h1-2,5-6,10H,3-4,8H2,(H2,18,19,20,21). The Kier molecular flexibility index (Phi) is 3.40. The number of aromatic nitrogens is 2. The maximum Gasteiger partial charge on any atom is 0.252 e. The van der Waals surface area contributed by atoms with Crippen LogP contribution in [-0.4, -0.2) is 9.97 Å². The number of benzene rings is 1. The average Bonchev–Trinajstić information content (AvgIpc) is 3.30. The van der Waals surface area contributed by atoms with Crippen molar-refractivity contribution >= 4 is 5.82 Å². The molecule has 21 heavy (non-hydrogen) atoms. The Labute approximate surface area is 120 Å². The Morgan fingerprint density at radius 2 is 2.24 bits per heavy atom. The Morgan fingerprint density at radius 1 is 1.43 bits per heavy atom. The molecule has 106 valence electrons. The largest absolute Gasteiger partial charge is 0.366 e. The van der Waals surface area contributed by atoms with Gasteiger partial charge in [0.1, 0.15) is 17.5 Å². The summed E-state index contributed by atoms with van der Waals surface area (Å²) < 4.78 is 13.8. The molecular weight excluding hydrogens is 271 g/mol. The van der Waals surface area contributed by atoms with E-state index in [4.69, 9.17) is 5.26 Å². The van der Waals surface area contributed by atoms with Crippen molar-refractivity contribution in [3.63, 3.8) is 0 Å². The molecule has 1 aromatic carbocycles. The lowest BCUT2D eigenvalue weighted by Crippen LogP contribution is -2.13. The number of hydrogen-bond donors (Lipinski definition) is 2. The quantitative estimate of drug-likeness (QED) is 0.902. The molecule has 6 heteroatoms. The molecule has 0 saturated heterocycles. The van der Waals surface area contributed by atoms with Crippen LogP contribution in [0.15, 0.2) is 29.1 Å². The first-order valence-corrected chi connectivity index (χ1v) is 6.69. The fourth-order valence-electron chi connectivity index (χ4n) is 2.06. The van der Waals surface area contributed by atoms with E-state index in [2.05, 4.69) is 15.3 Å². The third-order valence-electron chi connectivity index (χ3n) is 3.37. The van der Waals surface area contributed by atoms with Gasteiger partial charge in [-0.05, 0) is 25.0 Å². The predicted molar refractivity (Wildman–Crippen MR) is 75.3 cm³/mol. The van der Waals surface area contributed by atoms with E-state index < -0.39 is 5.82 Å². The van der Waals surface area contributed by atoms with E-state index in [-0.39, 0.29) is 17.7 Å². The molecule has 1 aliphatic carbocycles. The summed E-state index contributed by atoms with van der Waals surface area (Å²) in [5.74, 6) is 1.01. The minimum Gasteiger partial charge on any atom is -0.366 e. The topological polar surface area (TPSA) is 81.6 Å². The van der Waals surface area contributed by atoms with Crippen LogP contribution in [0.25, 0.3) is 0 Å². The van der Waals surface area contributed by atoms with E-state index >= 15 is 0 Å². The first-order chi connectivity index (χ1) is 10.2. The van der Waals surface area contributed by atoms with Crippen molar-refractivity contribution in [1.29, 1.82) is 5.26 Å². The highest BCUT2D eigenvalue weighted by Gasteiger charge is 2.26. The number of rotatable bonds is 4. The van der Waals surface area contributed by atoms with Gasteiger partial charge in [0, 0.05) is 24.1 Å². The molecular formula is C15H13FN4O. The molecule has 0 atom stereocenters. The second-order valence-electron chi connectivity index (χ2n) is 5.06. The van der Waals surface area contributed by atoms with Gasteiger partial charge in [0.2, 0.25) is 0 Å². The van der Waals surface area contributed by atoms with E-state index in [0.717, 1.165) is 12.8 Å². The monoisotopic (exact) mass is 284 g/mol. The fraction of sp³-hybridized carbons (Fsp3) is 0.267. The molecule has 1 aliphatic rings. The Bertz CT molecular complexity index is 774. The van der Waals surface area contributed by atoms with Gasteiger partial charge in [-0.15, -0.1) is 0 Å². The summed E-state index contributed by atoms with van der Waals surface area (Å²) in [5, 5.41) is 11.6. The molecule has 0 unspecified atom stereocenters. The minimum atomic E-state index is -0.450. The number of nitrogens with zero attached hydrogens (tertiary/aromatic N) is 2. The Balaban J connectivity index is 1.76. The Hall–Kier alpha value is -2.68. The van der Waals surface area contributed by atoms with Crippen LogP contribution >= 0.6 is 0 Å². The van der Waals surface area contributed by atoms with E-state index in [0.29, 0.717) is 23.1 Å². The number of H-pyrrole nitrogens is 1. The van der Waals surface area contributed by atoms with Crippen LogP contribution in [-0.2, 0) is 6.54 Å². The molecule has 1 heterocycles. The fourth-order valence-corrected chi connectivity index (χ4v) is 2.06. The highest BCUT2D eigenvalue weighted by atomic mass is 19.1. The summed E-state index contributed by atoms with van der Waals surface area (Å²) in [6.07, 6.45) is 2.08. The first-order valence-electron chi connectivity index (χ1n) is 6.69. The molecule has 3 rings (SSSR count).